The summed E-state index contributed by atoms with van der Waals surface area (Å²) in [6, 6.07) is 12.4. The third-order valence-corrected chi connectivity index (χ3v) is 6.14. The molecule has 166 valence electrons. The summed E-state index contributed by atoms with van der Waals surface area (Å²) in [5.74, 6) is -0.214. The molecule has 8 heteroatoms. The lowest BCUT2D eigenvalue weighted by molar-refractivity contribution is -0.134. The number of nitrogens with one attached hydrogen (secondary N) is 2. The van der Waals surface area contributed by atoms with Crippen molar-refractivity contribution in [2.24, 2.45) is 11.7 Å². The molecule has 0 saturated carbocycles. The maximum absolute atomic E-state index is 13.4. The van der Waals surface area contributed by atoms with E-state index in [4.69, 9.17) is 17.3 Å². The van der Waals surface area contributed by atoms with Crippen LogP contribution in [-0.2, 0) is 11.2 Å². The first-order valence-electron chi connectivity index (χ1n) is 10.6. The van der Waals surface area contributed by atoms with Crippen LogP contribution in [0.25, 0.3) is 10.9 Å². The highest BCUT2D eigenvalue weighted by molar-refractivity contribution is 6.30. The number of H-pyrrole nitrogens is 1. The van der Waals surface area contributed by atoms with E-state index < -0.39 is 6.04 Å². The van der Waals surface area contributed by atoms with E-state index in [1.807, 2.05) is 35.2 Å². The lowest BCUT2D eigenvalue weighted by Crippen LogP contribution is -2.52. The number of halogens is 1. The van der Waals surface area contributed by atoms with E-state index in [1.54, 1.807) is 18.3 Å². The number of carbonyl (C=O) groups is 2. The minimum absolute atomic E-state index is 0.0934. The van der Waals surface area contributed by atoms with Gasteiger partial charge in [0, 0.05) is 36.5 Å². The predicted octanol–water partition coefficient (Wildman–Crippen LogP) is 3.27. The lowest BCUT2D eigenvalue weighted by Gasteiger charge is -2.34. The summed E-state index contributed by atoms with van der Waals surface area (Å²) < 4.78 is 0. The van der Waals surface area contributed by atoms with Crippen LogP contribution in [0, 0.1) is 5.92 Å². The summed E-state index contributed by atoms with van der Waals surface area (Å²) in [5, 5.41) is 4.07. The van der Waals surface area contributed by atoms with Gasteiger partial charge in [-0.2, -0.15) is 0 Å². The summed E-state index contributed by atoms with van der Waals surface area (Å²) in [7, 11) is 0. The van der Waals surface area contributed by atoms with Gasteiger partial charge in [-0.05, 0) is 30.5 Å². The smallest absolute Gasteiger partial charge is 0.268 e. The summed E-state index contributed by atoms with van der Waals surface area (Å²) in [4.78, 5) is 35.3. The molecule has 0 unspecified atom stereocenters. The minimum atomic E-state index is -0.685. The molecule has 1 aromatic carbocycles. The monoisotopic (exact) mass is 451 g/mol. The third-order valence-electron chi connectivity index (χ3n) is 5.93. The molecule has 1 saturated heterocycles. The zero-order chi connectivity index (χ0) is 22.7. The number of hydrogen-bond donors (Lipinski definition) is 3. The summed E-state index contributed by atoms with van der Waals surface area (Å²) in [6.07, 6.45) is 3.55. The Bertz CT molecular complexity index is 1140. The zero-order valence-corrected chi connectivity index (χ0v) is 18.4. The third kappa shape index (κ3) is 4.94. The Labute approximate surface area is 191 Å². The van der Waals surface area contributed by atoms with Gasteiger partial charge >= 0.3 is 0 Å². The van der Waals surface area contributed by atoms with Crippen LogP contribution in [0.15, 0.2) is 60.9 Å². The second kappa shape index (κ2) is 9.44. The van der Waals surface area contributed by atoms with Crippen molar-refractivity contribution in [2.75, 3.05) is 13.1 Å². The molecule has 1 aliphatic rings. The van der Waals surface area contributed by atoms with Gasteiger partial charge in [-0.1, -0.05) is 48.5 Å². The van der Waals surface area contributed by atoms with Crippen molar-refractivity contribution in [1.29, 1.82) is 0 Å². The second-order valence-electron chi connectivity index (χ2n) is 8.17. The van der Waals surface area contributed by atoms with Gasteiger partial charge in [-0.3, -0.25) is 9.59 Å². The SMILES string of the molecule is C=C(N)C1CCN(C(=O)[C@H](Cc2ccccc2)NC(=O)c2cc3cc(Cl)ncc3[nH]2)CC1. The van der Waals surface area contributed by atoms with E-state index in [1.165, 1.54) is 0 Å². The molecule has 2 aromatic heterocycles. The van der Waals surface area contributed by atoms with E-state index in [0.29, 0.717) is 41.6 Å². The van der Waals surface area contributed by atoms with Gasteiger partial charge in [-0.15, -0.1) is 0 Å². The van der Waals surface area contributed by atoms with Crippen molar-refractivity contribution in [3.63, 3.8) is 0 Å². The Balaban J connectivity index is 1.52. The number of nitrogens with two attached hydrogens (primary N) is 1. The molecule has 1 aliphatic heterocycles. The number of aromatic amines is 1. The molecule has 0 spiro atoms. The maximum Gasteiger partial charge on any atom is 0.268 e. The van der Waals surface area contributed by atoms with E-state index in [0.717, 1.165) is 23.8 Å². The molecule has 0 radical (unpaired) electrons. The average molecular weight is 452 g/mol. The van der Waals surface area contributed by atoms with Gasteiger partial charge in [0.15, 0.2) is 0 Å². The molecule has 4 N–H and O–H groups in total. The summed E-state index contributed by atoms with van der Waals surface area (Å²) >= 11 is 5.95. The van der Waals surface area contributed by atoms with Crippen molar-refractivity contribution >= 4 is 34.3 Å². The summed E-state index contributed by atoms with van der Waals surface area (Å²) in [6.45, 7) is 5.03. The quantitative estimate of drug-likeness (QED) is 0.500. The Morgan fingerprint density at radius 3 is 2.66 bits per heavy atom. The standard InChI is InChI=1S/C24H26ClN5O2/c1-15(26)17-7-9-30(10-8-17)24(32)20(11-16-5-3-2-4-6-16)29-23(31)19-12-18-13-22(25)27-14-21(18)28-19/h2-6,12-14,17,20,28H,1,7-11,26H2,(H,29,31)/t20-/m0/s1. The number of piperidine rings is 1. The minimum Gasteiger partial charge on any atom is -0.402 e. The number of carbonyl (C=O) groups excluding carboxylic acids is 2. The number of amides is 2. The van der Waals surface area contributed by atoms with Gasteiger partial charge in [-0.25, -0.2) is 4.98 Å². The molecule has 0 aliphatic carbocycles. The van der Waals surface area contributed by atoms with Crippen molar-refractivity contribution < 1.29 is 9.59 Å². The second-order valence-corrected chi connectivity index (χ2v) is 8.55. The molecular formula is C24H26ClN5O2. The topological polar surface area (TPSA) is 104 Å². The Morgan fingerprint density at radius 1 is 1.25 bits per heavy atom. The van der Waals surface area contributed by atoms with Crippen LogP contribution in [0.3, 0.4) is 0 Å². The fourth-order valence-electron chi connectivity index (χ4n) is 4.10. The van der Waals surface area contributed by atoms with E-state index in [2.05, 4.69) is 21.9 Å². The molecule has 2 amide bonds. The van der Waals surface area contributed by atoms with Gasteiger partial charge < -0.3 is 20.9 Å². The number of benzene rings is 1. The first-order chi connectivity index (χ1) is 15.4. The number of rotatable bonds is 6. The number of fused-ring (bicyclic) bond motifs is 1. The van der Waals surface area contributed by atoms with Gasteiger partial charge in [0.2, 0.25) is 5.91 Å². The number of allylic oxidation sites excluding steroid dienone is 1. The molecule has 3 aromatic rings. The van der Waals surface area contributed by atoms with E-state index in [9.17, 15) is 9.59 Å². The Morgan fingerprint density at radius 2 is 1.97 bits per heavy atom. The molecular weight excluding hydrogens is 426 g/mol. The first-order valence-corrected chi connectivity index (χ1v) is 11.0. The van der Waals surface area contributed by atoms with Crippen molar-refractivity contribution in [1.82, 2.24) is 20.2 Å². The zero-order valence-electron chi connectivity index (χ0n) is 17.7. The highest BCUT2D eigenvalue weighted by Gasteiger charge is 2.30. The molecule has 7 nitrogen and oxygen atoms in total. The number of pyridine rings is 1. The van der Waals surface area contributed by atoms with Gasteiger partial charge in [0.05, 0.1) is 11.7 Å². The molecule has 4 rings (SSSR count). The molecule has 3 heterocycles. The normalized spacial score (nSPS) is 15.5. The van der Waals surface area contributed by atoms with Crippen LogP contribution in [0.2, 0.25) is 5.15 Å². The highest BCUT2D eigenvalue weighted by atomic mass is 35.5. The fourth-order valence-corrected chi connectivity index (χ4v) is 4.27. The molecule has 1 fully saturated rings. The van der Waals surface area contributed by atoms with Crippen LogP contribution in [0.5, 0.6) is 0 Å². The first kappa shape index (κ1) is 21.9. The van der Waals surface area contributed by atoms with Crippen LogP contribution in [-0.4, -0.2) is 45.8 Å². The van der Waals surface area contributed by atoms with Crippen molar-refractivity contribution in [3.8, 4) is 0 Å². The van der Waals surface area contributed by atoms with Crippen molar-refractivity contribution in [2.45, 2.75) is 25.3 Å². The van der Waals surface area contributed by atoms with E-state index >= 15 is 0 Å². The van der Waals surface area contributed by atoms with Crippen LogP contribution in [0.4, 0.5) is 0 Å². The number of hydrogen-bond acceptors (Lipinski definition) is 4. The predicted molar refractivity (Wildman–Crippen MR) is 125 cm³/mol. The average Bonchev–Trinajstić information content (AvgIpc) is 3.22. The van der Waals surface area contributed by atoms with Gasteiger partial charge in [0.1, 0.15) is 16.9 Å². The van der Waals surface area contributed by atoms with Gasteiger partial charge in [0.25, 0.3) is 5.91 Å². The molecule has 0 bridgehead atoms. The Hall–Kier alpha value is -3.32. The fraction of sp³-hybridized carbons (Fsp3) is 0.292. The lowest BCUT2D eigenvalue weighted by atomic mass is 9.93. The maximum atomic E-state index is 13.4. The summed E-state index contributed by atoms with van der Waals surface area (Å²) in [5.41, 5.74) is 8.55. The van der Waals surface area contributed by atoms with Crippen LogP contribution < -0.4 is 11.1 Å². The number of likely N-dealkylation sites (tertiary alicyclic amines) is 1. The van der Waals surface area contributed by atoms with Crippen LogP contribution in [0.1, 0.15) is 28.9 Å². The van der Waals surface area contributed by atoms with Crippen LogP contribution >= 0.6 is 11.6 Å². The largest absolute Gasteiger partial charge is 0.402 e. The number of nitrogens with zero attached hydrogens (tertiary/aromatic N) is 2. The highest BCUT2D eigenvalue weighted by Crippen LogP contribution is 2.22. The Kier molecular flexibility index (Phi) is 6.46. The molecule has 1 atom stereocenters. The number of aromatic nitrogens is 2. The van der Waals surface area contributed by atoms with Crippen molar-refractivity contribution in [3.05, 3.63) is 77.3 Å². The molecule has 32 heavy (non-hydrogen) atoms. The van der Waals surface area contributed by atoms with E-state index in [-0.39, 0.29) is 17.7 Å².